The van der Waals surface area contributed by atoms with Gasteiger partial charge in [0, 0.05) is 0 Å². The second-order valence-corrected chi connectivity index (χ2v) is 3.81. The predicted octanol–water partition coefficient (Wildman–Crippen LogP) is 1.63. The van der Waals surface area contributed by atoms with E-state index in [0.29, 0.717) is 5.56 Å². The van der Waals surface area contributed by atoms with Gasteiger partial charge in [0.15, 0.2) is 6.10 Å². The van der Waals surface area contributed by atoms with E-state index in [2.05, 4.69) is 4.74 Å². The third-order valence-corrected chi connectivity index (χ3v) is 2.41. The molecule has 0 heterocycles. The summed E-state index contributed by atoms with van der Waals surface area (Å²) in [6, 6.07) is 6.05. The Labute approximate surface area is 108 Å². The van der Waals surface area contributed by atoms with Crippen molar-refractivity contribution in [2.75, 3.05) is 7.11 Å². The first kappa shape index (κ1) is 15.5. The van der Waals surface area contributed by atoms with Gasteiger partial charge in [-0.05, 0) is 5.56 Å². The lowest BCUT2D eigenvalue weighted by Crippen LogP contribution is -2.52. The van der Waals surface area contributed by atoms with E-state index >= 15 is 0 Å². The van der Waals surface area contributed by atoms with Crippen LogP contribution >= 0.6 is 0 Å². The third-order valence-electron chi connectivity index (χ3n) is 2.41. The number of methoxy groups -OCH3 is 1. The van der Waals surface area contributed by atoms with Gasteiger partial charge in [-0.2, -0.15) is 13.2 Å². The van der Waals surface area contributed by atoms with E-state index in [0.717, 1.165) is 7.11 Å². The number of alkyl halides is 3. The van der Waals surface area contributed by atoms with Crippen LogP contribution in [0.3, 0.4) is 0 Å². The number of esters is 1. The van der Waals surface area contributed by atoms with Crippen molar-refractivity contribution in [2.45, 2.75) is 24.9 Å². The zero-order valence-electron chi connectivity index (χ0n) is 10.2. The maximum absolute atomic E-state index is 12.5. The fourth-order valence-corrected chi connectivity index (χ4v) is 1.37. The number of ether oxygens (including phenoxy) is 2. The molecule has 1 aromatic rings. The van der Waals surface area contributed by atoms with E-state index in [9.17, 15) is 18.0 Å². The largest absolute Gasteiger partial charge is 0.467 e. The van der Waals surface area contributed by atoms with Gasteiger partial charge >= 0.3 is 12.1 Å². The smallest absolute Gasteiger partial charge is 0.406 e. The molecule has 0 bridgehead atoms. The lowest BCUT2D eigenvalue weighted by molar-refractivity contribution is -0.193. The molecule has 106 valence electrons. The second kappa shape index (κ2) is 6.53. The minimum atomic E-state index is -4.74. The first-order chi connectivity index (χ1) is 8.86. The molecule has 2 atom stereocenters. The molecule has 1 rings (SSSR count). The van der Waals surface area contributed by atoms with Crippen LogP contribution in [-0.4, -0.2) is 31.4 Å². The standard InChI is InChI=1S/C12H14F3NO3/c1-18-11(17)9(10(16)12(13,14)15)19-7-8-5-3-2-4-6-8/h2-6,9-10H,7,16H2,1H3/t9-,10-/m0/s1. The van der Waals surface area contributed by atoms with E-state index in [-0.39, 0.29) is 6.61 Å². The molecular formula is C12H14F3NO3. The number of halogens is 3. The van der Waals surface area contributed by atoms with Crippen LogP contribution in [0.5, 0.6) is 0 Å². The lowest BCUT2D eigenvalue weighted by atomic mass is 10.1. The molecule has 1 aromatic carbocycles. The van der Waals surface area contributed by atoms with Gasteiger partial charge in [-0.1, -0.05) is 30.3 Å². The van der Waals surface area contributed by atoms with E-state index in [4.69, 9.17) is 10.5 Å². The highest BCUT2D eigenvalue weighted by atomic mass is 19.4. The third kappa shape index (κ3) is 4.53. The summed E-state index contributed by atoms with van der Waals surface area (Å²) < 4.78 is 46.7. The van der Waals surface area contributed by atoms with Gasteiger partial charge in [0.05, 0.1) is 13.7 Å². The van der Waals surface area contributed by atoms with E-state index in [1.54, 1.807) is 30.3 Å². The fraction of sp³-hybridized carbons (Fsp3) is 0.417. The van der Waals surface area contributed by atoms with Crippen molar-refractivity contribution in [3.05, 3.63) is 35.9 Å². The Kier molecular flexibility index (Phi) is 5.31. The summed E-state index contributed by atoms with van der Waals surface area (Å²) in [4.78, 5) is 11.3. The molecule has 0 radical (unpaired) electrons. The van der Waals surface area contributed by atoms with E-state index in [1.165, 1.54) is 0 Å². The zero-order chi connectivity index (χ0) is 14.5. The summed E-state index contributed by atoms with van der Waals surface area (Å²) in [6.07, 6.45) is -6.62. The van der Waals surface area contributed by atoms with Crippen LogP contribution in [-0.2, 0) is 20.9 Å². The van der Waals surface area contributed by atoms with Gasteiger partial charge in [-0.15, -0.1) is 0 Å². The van der Waals surface area contributed by atoms with Crippen molar-refractivity contribution >= 4 is 5.97 Å². The molecule has 0 aliphatic heterocycles. The van der Waals surface area contributed by atoms with Crippen molar-refractivity contribution in [3.63, 3.8) is 0 Å². The number of nitrogens with two attached hydrogens (primary N) is 1. The van der Waals surface area contributed by atoms with Crippen molar-refractivity contribution < 1.29 is 27.4 Å². The molecule has 0 fully saturated rings. The first-order valence-electron chi connectivity index (χ1n) is 5.42. The predicted molar refractivity (Wildman–Crippen MR) is 61.1 cm³/mol. The lowest BCUT2D eigenvalue weighted by Gasteiger charge is -2.23. The maximum atomic E-state index is 12.5. The molecule has 7 heteroatoms. The molecule has 0 unspecified atom stereocenters. The Hall–Kier alpha value is -1.60. The molecule has 4 nitrogen and oxygen atoms in total. The summed E-state index contributed by atoms with van der Waals surface area (Å²) in [5.41, 5.74) is 5.62. The maximum Gasteiger partial charge on any atom is 0.406 e. The highest BCUT2D eigenvalue weighted by Gasteiger charge is 2.46. The monoisotopic (exact) mass is 277 g/mol. The molecule has 0 aliphatic carbocycles. The Morgan fingerprint density at radius 2 is 1.89 bits per heavy atom. The van der Waals surface area contributed by atoms with Crippen molar-refractivity contribution in [1.29, 1.82) is 0 Å². The SMILES string of the molecule is COC(=O)[C@@H](OCc1ccccc1)[C@H](N)C(F)(F)F. The number of hydrogen-bond donors (Lipinski definition) is 1. The Morgan fingerprint density at radius 1 is 1.32 bits per heavy atom. The van der Waals surface area contributed by atoms with Gasteiger partial charge in [0.1, 0.15) is 6.04 Å². The Morgan fingerprint density at radius 3 is 2.37 bits per heavy atom. The second-order valence-electron chi connectivity index (χ2n) is 3.81. The molecule has 19 heavy (non-hydrogen) atoms. The van der Waals surface area contributed by atoms with Gasteiger partial charge in [-0.3, -0.25) is 0 Å². The van der Waals surface area contributed by atoms with Crippen LogP contribution < -0.4 is 5.73 Å². The van der Waals surface area contributed by atoms with Crippen LogP contribution in [0.4, 0.5) is 13.2 Å². The molecule has 2 N–H and O–H groups in total. The highest BCUT2D eigenvalue weighted by molar-refractivity contribution is 5.75. The van der Waals surface area contributed by atoms with Crippen LogP contribution in [0.1, 0.15) is 5.56 Å². The van der Waals surface area contributed by atoms with E-state index < -0.39 is 24.3 Å². The molecular weight excluding hydrogens is 263 g/mol. The number of hydrogen-bond acceptors (Lipinski definition) is 4. The van der Waals surface area contributed by atoms with Gasteiger partial charge in [0.2, 0.25) is 0 Å². The minimum Gasteiger partial charge on any atom is -0.467 e. The molecule has 0 aromatic heterocycles. The van der Waals surface area contributed by atoms with E-state index in [1.807, 2.05) is 0 Å². The van der Waals surface area contributed by atoms with Crippen LogP contribution in [0.25, 0.3) is 0 Å². The number of carbonyl (C=O) groups is 1. The van der Waals surface area contributed by atoms with Crippen molar-refractivity contribution in [2.24, 2.45) is 5.73 Å². The minimum absolute atomic E-state index is 0.162. The van der Waals surface area contributed by atoms with Gasteiger partial charge < -0.3 is 15.2 Å². The van der Waals surface area contributed by atoms with Crippen LogP contribution in [0.2, 0.25) is 0 Å². The summed E-state index contributed by atoms with van der Waals surface area (Å²) in [5.74, 6) is -1.15. The first-order valence-corrected chi connectivity index (χ1v) is 5.42. The summed E-state index contributed by atoms with van der Waals surface area (Å²) >= 11 is 0. The summed E-state index contributed by atoms with van der Waals surface area (Å²) in [6.45, 7) is -0.162. The highest BCUT2D eigenvalue weighted by Crippen LogP contribution is 2.23. The topological polar surface area (TPSA) is 61.5 Å². The molecule has 0 saturated heterocycles. The molecule has 0 amide bonds. The van der Waals surface area contributed by atoms with Crippen molar-refractivity contribution in [3.8, 4) is 0 Å². The zero-order valence-corrected chi connectivity index (χ0v) is 10.2. The molecule has 0 aliphatic rings. The van der Waals surface area contributed by atoms with Gasteiger partial charge in [-0.25, -0.2) is 4.79 Å². The normalized spacial score (nSPS) is 14.8. The van der Waals surface area contributed by atoms with Crippen molar-refractivity contribution in [1.82, 2.24) is 0 Å². The fourth-order valence-electron chi connectivity index (χ4n) is 1.37. The molecule has 0 saturated carbocycles. The number of benzene rings is 1. The quantitative estimate of drug-likeness (QED) is 0.831. The van der Waals surface area contributed by atoms with Gasteiger partial charge in [0.25, 0.3) is 0 Å². The van der Waals surface area contributed by atoms with Crippen LogP contribution in [0.15, 0.2) is 30.3 Å². The van der Waals surface area contributed by atoms with Crippen LogP contribution in [0, 0.1) is 0 Å². The average Bonchev–Trinajstić information content (AvgIpc) is 2.38. The number of rotatable bonds is 5. The Balaban J connectivity index is 2.73. The average molecular weight is 277 g/mol. The number of carbonyl (C=O) groups excluding carboxylic acids is 1. The summed E-state index contributed by atoms with van der Waals surface area (Å²) in [5, 5.41) is 0. The summed E-state index contributed by atoms with van der Waals surface area (Å²) in [7, 11) is 0.976. The molecule has 0 spiro atoms. The Bertz CT molecular complexity index is 408.